The van der Waals surface area contributed by atoms with Crippen molar-refractivity contribution in [2.24, 2.45) is 0 Å². The van der Waals surface area contributed by atoms with Crippen molar-refractivity contribution < 1.29 is 17.6 Å². The molecule has 0 radical (unpaired) electrons. The summed E-state index contributed by atoms with van der Waals surface area (Å²) in [7, 11) is 0. The molecule has 1 aliphatic heterocycles. The van der Waals surface area contributed by atoms with Gasteiger partial charge in [-0.2, -0.15) is 34.3 Å². The molecule has 0 spiro atoms. The molecular formula is C9H8F4N2S. The first-order valence-corrected chi connectivity index (χ1v) is 5.79. The normalized spacial score (nSPS) is 20.1. The van der Waals surface area contributed by atoms with Crippen molar-refractivity contribution in [2.75, 3.05) is 16.8 Å². The highest BCUT2D eigenvalue weighted by Gasteiger charge is 2.24. The molecule has 2 nitrogen and oxygen atoms in total. The van der Waals surface area contributed by atoms with E-state index >= 15 is 0 Å². The van der Waals surface area contributed by atoms with Crippen LogP contribution >= 0.6 is 11.8 Å². The fourth-order valence-corrected chi connectivity index (χ4v) is 2.62. The molecule has 7 heteroatoms. The molecular weight excluding hydrogens is 244 g/mol. The summed E-state index contributed by atoms with van der Waals surface area (Å²) in [6.45, 7) is 0. The fourth-order valence-electron chi connectivity index (χ4n) is 1.47. The topological polar surface area (TPSA) is 24.9 Å². The number of nitrogens with one attached hydrogen (secondary N) is 1. The van der Waals surface area contributed by atoms with Gasteiger partial charge in [-0.25, -0.2) is 0 Å². The third-order valence-electron chi connectivity index (χ3n) is 2.28. The maximum absolute atomic E-state index is 13.2. The van der Waals surface area contributed by atoms with Gasteiger partial charge in [-0.3, -0.25) is 0 Å². The summed E-state index contributed by atoms with van der Waals surface area (Å²) in [5, 5.41) is 2.47. The molecule has 0 amide bonds. The number of hydrogen-bond acceptors (Lipinski definition) is 3. The average molecular weight is 252 g/mol. The maximum atomic E-state index is 13.2. The number of rotatable bonds is 2. The lowest BCUT2D eigenvalue weighted by atomic mass is 10.2. The van der Waals surface area contributed by atoms with Crippen molar-refractivity contribution in [3.05, 3.63) is 23.5 Å². The van der Waals surface area contributed by atoms with E-state index in [9.17, 15) is 17.6 Å². The van der Waals surface area contributed by atoms with Gasteiger partial charge >= 0.3 is 0 Å². The van der Waals surface area contributed by atoms with Crippen LogP contribution in [0.15, 0.2) is 0 Å². The lowest BCUT2D eigenvalue weighted by Crippen LogP contribution is -2.21. The molecule has 0 aromatic carbocycles. The third kappa shape index (κ3) is 2.09. The van der Waals surface area contributed by atoms with E-state index in [1.807, 2.05) is 0 Å². The van der Waals surface area contributed by atoms with E-state index in [1.165, 1.54) is 0 Å². The molecule has 1 saturated heterocycles. The Labute approximate surface area is 93.4 Å². The number of aromatic nitrogens is 1. The fraction of sp³-hybridized carbons (Fsp3) is 0.444. The van der Waals surface area contributed by atoms with E-state index in [2.05, 4.69) is 10.3 Å². The van der Waals surface area contributed by atoms with Crippen LogP contribution in [0, 0.1) is 23.5 Å². The quantitative estimate of drug-likeness (QED) is 0.646. The molecule has 1 atom stereocenters. The van der Waals surface area contributed by atoms with Crippen LogP contribution in [-0.2, 0) is 0 Å². The van der Waals surface area contributed by atoms with Gasteiger partial charge in [0.15, 0.2) is 0 Å². The lowest BCUT2D eigenvalue weighted by Gasteiger charge is -2.14. The van der Waals surface area contributed by atoms with Crippen molar-refractivity contribution in [1.29, 1.82) is 0 Å². The number of nitrogens with zero attached hydrogens (tertiary/aromatic N) is 1. The highest BCUT2D eigenvalue weighted by Crippen LogP contribution is 2.26. The standard InChI is InChI=1S/C9H8F4N2S/c10-5-7(14-4-1-2-16-3-4)6(11)9(13)15-8(5)12/h4H,1-3H2,(H,14,15). The van der Waals surface area contributed by atoms with E-state index in [-0.39, 0.29) is 6.04 Å². The molecule has 1 aromatic rings. The molecule has 1 aliphatic rings. The Kier molecular flexibility index (Phi) is 3.22. The molecule has 1 unspecified atom stereocenters. The van der Waals surface area contributed by atoms with E-state index in [4.69, 9.17) is 0 Å². The predicted octanol–water partition coefficient (Wildman–Crippen LogP) is 2.56. The largest absolute Gasteiger partial charge is 0.376 e. The molecule has 16 heavy (non-hydrogen) atoms. The molecule has 0 aliphatic carbocycles. The highest BCUT2D eigenvalue weighted by atomic mass is 32.2. The van der Waals surface area contributed by atoms with Crippen molar-refractivity contribution >= 4 is 17.4 Å². The van der Waals surface area contributed by atoms with E-state index in [0.29, 0.717) is 12.2 Å². The number of anilines is 1. The molecule has 2 rings (SSSR count). The molecule has 1 N–H and O–H groups in total. The van der Waals surface area contributed by atoms with Crippen LogP contribution in [0.3, 0.4) is 0 Å². The van der Waals surface area contributed by atoms with Crippen molar-refractivity contribution in [1.82, 2.24) is 4.98 Å². The monoisotopic (exact) mass is 252 g/mol. The minimum atomic E-state index is -1.63. The Morgan fingerprint density at radius 2 is 1.75 bits per heavy atom. The Balaban J connectivity index is 2.31. The summed E-state index contributed by atoms with van der Waals surface area (Å²) < 4.78 is 51.9. The molecule has 0 saturated carbocycles. The molecule has 1 aromatic heterocycles. The van der Waals surface area contributed by atoms with Gasteiger partial charge in [-0.1, -0.05) is 0 Å². The zero-order chi connectivity index (χ0) is 11.7. The van der Waals surface area contributed by atoms with Gasteiger partial charge < -0.3 is 5.32 Å². The zero-order valence-electron chi connectivity index (χ0n) is 8.07. The Morgan fingerprint density at radius 1 is 1.12 bits per heavy atom. The van der Waals surface area contributed by atoms with E-state index < -0.39 is 29.2 Å². The second-order valence-corrected chi connectivity index (χ2v) is 4.55. The minimum absolute atomic E-state index is 0.171. The van der Waals surface area contributed by atoms with Gasteiger partial charge in [0.05, 0.1) is 0 Å². The summed E-state index contributed by atoms with van der Waals surface area (Å²) in [4.78, 5) is 2.48. The van der Waals surface area contributed by atoms with Crippen LogP contribution in [-0.4, -0.2) is 22.5 Å². The summed E-state index contributed by atoms with van der Waals surface area (Å²) >= 11 is 1.61. The van der Waals surface area contributed by atoms with E-state index in [1.54, 1.807) is 11.8 Å². The Morgan fingerprint density at radius 3 is 2.25 bits per heavy atom. The Hall–Kier alpha value is -0.980. The van der Waals surface area contributed by atoms with Gasteiger partial charge in [0.25, 0.3) is 11.9 Å². The molecule has 88 valence electrons. The number of thioether (sulfide) groups is 1. The summed E-state index contributed by atoms with van der Waals surface area (Å²) in [6, 6.07) is -0.171. The van der Waals surface area contributed by atoms with Gasteiger partial charge in [-0.05, 0) is 12.2 Å². The van der Waals surface area contributed by atoms with Crippen molar-refractivity contribution in [3.8, 4) is 0 Å². The molecule has 2 heterocycles. The summed E-state index contributed by atoms with van der Waals surface area (Å²) in [6.07, 6.45) is 0.703. The predicted molar refractivity (Wildman–Crippen MR) is 53.4 cm³/mol. The third-order valence-corrected chi connectivity index (χ3v) is 3.44. The van der Waals surface area contributed by atoms with Crippen LogP contribution in [0.5, 0.6) is 0 Å². The summed E-state index contributed by atoms with van der Waals surface area (Å²) in [5.74, 6) is -4.70. The smallest absolute Gasteiger partial charge is 0.253 e. The number of halogens is 4. The number of pyridine rings is 1. The SMILES string of the molecule is Fc1nc(F)c(F)c(NC2CCSC2)c1F. The minimum Gasteiger partial charge on any atom is -0.376 e. The Bertz CT molecular complexity index is 381. The zero-order valence-corrected chi connectivity index (χ0v) is 8.88. The highest BCUT2D eigenvalue weighted by molar-refractivity contribution is 7.99. The van der Waals surface area contributed by atoms with Crippen LogP contribution < -0.4 is 5.32 Å². The second kappa shape index (κ2) is 4.48. The molecule has 0 bridgehead atoms. The van der Waals surface area contributed by atoms with Crippen molar-refractivity contribution in [2.45, 2.75) is 12.5 Å². The molecule has 1 fully saturated rings. The van der Waals surface area contributed by atoms with Gasteiger partial charge in [0, 0.05) is 11.8 Å². The maximum Gasteiger partial charge on any atom is 0.253 e. The first kappa shape index (κ1) is 11.5. The first-order valence-electron chi connectivity index (χ1n) is 4.64. The van der Waals surface area contributed by atoms with Gasteiger partial charge in [0.1, 0.15) is 5.69 Å². The lowest BCUT2D eigenvalue weighted by molar-refractivity contribution is 0.410. The van der Waals surface area contributed by atoms with Crippen LogP contribution in [0.2, 0.25) is 0 Å². The van der Waals surface area contributed by atoms with Gasteiger partial charge in [0.2, 0.25) is 11.6 Å². The van der Waals surface area contributed by atoms with Crippen LogP contribution in [0.1, 0.15) is 6.42 Å². The van der Waals surface area contributed by atoms with Gasteiger partial charge in [-0.15, -0.1) is 0 Å². The average Bonchev–Trinajstić information content (AvgIpc) is 2.74. The van der Waals surface area contributed by atoms with E-state index in [0.717, 1.165) is 5.75 Å². The van der Waals surface area contributed by atoms with Crippen molar-refractivity contribution in [3.63, 3.8) is 0 Å². The summed E-state index contributed by atoms with van der Waals surface area (Å²) in [5.41, 5.74) is -0.766. The van der Waals surface area contributed by atoms with Crippen LogP contribution in [0.25, 0.3) is 0 Å². The first-order chi connectivity index (χ1) is 7.59. The number of hydrogen-bond donors (Lipinski definition) is 1. The van der Waals surface area contributed by atoms with Crippen LogP contribution in [0.4, 0.5) is 23.2 Å². The second-order valence-electron chi connectivity index (χ2n) is 3.40.